The Bertz CT molecular complexity index is 3520. The maximum absolute atomic E-state index is 6.95. The average molecular weight is 706 g/mol. The first-order valence-corrected chi connectivity index (χ1v) is 18.9. The van der Waals surface area contributed by atoms with Crippen LogP contribution in [0.25, 0.3) is 119 Å². The Morgan fingerprint density at radius 3 is 1.81 bits per heavy atom. The number of nitrogens with zero attached hydrogens (tertiary/aromatic N) is 3. The number of benzene rings is 9. The minimum absolute atomic E-state index is 0.607. The zero-order valence-corrected chi connectivity index (χ0v) is 29.6. The molecule has 54 heavy (non-hydrogen) atoms. The van der Waals surface area contributed by atoms with Crippen LogP contribution in [0.5, 0.6) is 0 Å². The number of rotatable bonds is 3. The van der Waals surface area contributed by atoms with E-state index in [4.69, 9.17) is 19.4 Å². The molecular formula is C49H27N3OS. The SMILES string of the molecule is c1ccc2cc(-c3nc(-c4cccc5sc6ccccc6c45)nc(-c4cc5ccc6ccccc6c5c5oc6ccc7ccccc7c6c45)n3)ccc2c1. The van der Waals surface area contributed by atoms with E-state index in [1.54, 1.807) is 11.3 Å². The van der Waals surface area contributed by atoms with Crippen molar-refractivity contribution in [1.82, 2.24) is 15.0 Å². The Balaban J connectivity index is 1.24. The molecule has 0 spiro atoms. The standard InChI is InChI=1S/C49H27N3OS/c1-2-13-31-26-33(23-20-28(31)10-1)47-50-48(37-17-9-19-41-43(37)36-16-7-8-18-40(36)54-41)52-49(51-47)38-27-32-22-21-29-11-3-5-14-34(29)42(32)46-45(38)44-35-15-6-4-12-30(35)24-25-39(44)53-46/h1-27H. The highest BCUT2D eigenvalue weighted by Gasteiger charge is 2.23. The van der Waals surface area contributed by atoms with Gasteiger partial charge in [-0.2, -0.15) is 0 Å². The van der Waals surface area contributed by atoms with Gasteiger partial charge in [-0.3, -0.25) is 0 Å². The summed E-state index contributed by atoms with van der Waals surface area (Å²) in [5.41, 5.74) is 4.51. The quantitative estimate of drug-likeness (QED) is 0.172. The number of furan rings is 1. The fraction of sp³-hybridized carbons (Fsp3) is 0. The van der Waals surface area contributed by atoms with Crippen LogP contribution < -0.4 is 0 Å². The third kappa shape index (κ3) is 4.33. The molecule has 4 nitrogen and oxygen atoms in total. The van der Waals surface area contributed by atoms with Gasteiger partial charge >= 0.3 is 0 Å². The molecule has 12 rings (SSSR count). The van der Waals surface area contributed by atoms with Crippen molar-refractivity contribution in [2.75, 3.05) is 0 Å². The molecule has 5 heteroatoms. The molecule has 0 saturated carbocycles. The van der Waals surface area contributed by atoms with Crippen molar-refractivity contribution in [2.45, 2.75) is 0 Å². The topological polar surface area (TPSA) is 51.8 Å². The number of hydrogen-bond donors (Lipinski definition) is 0. The molecule has 0 unspecified atom stereocenters. The van der Waals surface area contributed by atoms with Crippen molar-refractivity contribution in [2.24, 2.45) is 0 Å². The van der Waals surface area contributed by atoms with Crippen molar-refractivity contribution in [1.29, 1.82) is 0 Å². The second-order valence-electron chi connectivity index (χ2n) is 13.9. The first-order valence-electron chi connectivity index (χ1n) is 18.1. The number of thiophene rings is 1. The highest BCUT2D eigenvalue weighted by atomic mass is 32.1. The van der Waals surface area contributed by atoms with Crippen LogP contribution in [-0.4, -0.2) is 15.0 Å². The maximum Gasteiger partial charge on any atom is 0.164 e. The van der Waals surface area contributed by atoms with Crippen LogP contribution in [0, 0.1) is 0 Å². The smallest absolute Gasteiger partial charge is 0.164 e. The van der Waals surface area contributed by atoms with Crippen LogP contribution in [0.2, 0.25) is 0 Å². The van der Waals surface area contributed by atoms with Gasteiger partial charge in [0.05, 0.1) is 0 Å². The number of aromatic nitrogens is 3. The van der Waals surface area contributed by atoms with Gasteiger partial charge in [0.1, 0.15) is 11.2 Å². The fourth-order valence-electron chi connectivity index (χ4n) is 8.40. The summed E-state index contributed by atoms with van der Waals surface area (Å²) in [6.45, 7) is 0. The van der Waals surface area contributed by atoms with Crippen LogP contribution >= 0.6 is 11.3 Å². The normalized spacial score (nSPS) is 12.1. The third-order valence-electron chi connectivity index (χ3n) is 10.9. The van der Waals surface area contributed by atoms with E-state index in [1.165, 1.54) is 25.6 Å². The second-order valence-corrected chi connectivity index (χ2v) is 15.0. The van der Waals surface area contributed by atoms with E-state index in [9.17, 15) is 0 Å². The van der Waals surface area contributed by atoms with E-state index in [0.29, 0.717) is 17.5 Å². The number of fused-ring (bicyclic) bond motifs is 13. The average Bonchev–Trinajstić information content (AvgIpc) is 3.82. The Hall–Kier alpha value is -6.95. The molecule has 0 N–H and O–H groups in total. The van der Waals surface area contributed by atoms with Gasteiger partial charge in [-0.05, 0) is 68.0 Å². The van der Waals surface area contributed by atoms with E-state index in [0.717, 1.165) is 76.3 Å². The molecule has 0 radical (unpaired) electrons. The molecule has 0 aliphatic heterocycles. The monoisotopic (exact) mass is 705 g/mol. The van der Waals surface area contributed by atoms with Gasteiger partial charge in [0, 0.05) is 53.0 Å². The summed E-state index contributed by atoms with van der Waals surface area (Å²) in [6, 6.07) is 57.8. The molecule has 0 saturated heterocycles. The lowest BCUT2D eigenvalue weighted by atomic mass is 9.94. The molecular weight excluding hydrogens is 679 g/mol. The molecule has 12 aromatic rings. The first-order chi connectivity index (χ1) is 26.7. The molecule has 250 valence electrons. The second kappa shape index (κ2) is 11.3. The van der Waals surface area contributed by atoms with Crippen LogP contribution in [0.1, 0.15) is 0 Å². The van der Waals surface area contributed by atoms with Crippen LogP contribution in [0.15, 0.2) is 168 Å². The first kappa shape index (κ1) is 29.6. The van der Waals surface area contributed by atoms with Crippen LogP contribution in [0.3, 0.4) is 0 Å². The largest absolute Gasteiger partial charge is 0.455 e. The highest BCUT2D eigenvalue weighted by molar-refractivity contribution is 7.25. The summed E-state index contributed by atoms with van der Waals surface area (Å²) < 4.78 is 9.39. The van der Waals surface area contributed by atoms with Crippen LogP contribution in [-0.2, 0) is 0 Å². The maximum atomic E-state index is 6.95. The molecule has 0 aliphatic carbocycles. The zero-order chi connectivity index (χ0) is 35.3. The van der Waals surface area contributed by atoms with Gasteiger partial charge in [0.25, 0.3) is 0 Å². The highest BCUT2D eigenvalue weighted by Crippen LogP contribution is 2.46. The van der Waals surface area contributed by atoms with Crippen molar-refractivity contribution in [3.05, 3.63) is 164 Å². The van der Waals surface area contributed by atoms with Gasteiger partial charge in [-0.15, -0.1) is 11.3 Å². The van der Waals surface area contributed by atoms with E-state index in [2.05, 4.69) is 164 Å². The Labute approximate surface area is 312 Å². The van der Waals surface area contributed by atoms with Gasteiger partial charge in [0.2, 0.25) is 0 Å². The summed E-state index contributed by atoms with van der Waals surface area (Å²) in [6.07, 6.45) is 0. The Morgan fingerprint density at radius 2 is 0.981 bits per heavy atom. The summed E-state index contributed by atoms with van der Waals surface area (Å²) in [7, 11) is 0. The van der Waals surface area contributed by atoms with Gasteiger partial charge in [-0.25, -0.2) is 15.0 Å². The summed E-state index contributed by atoms with van der Waals surface area (Å²) in [4.78, 5) is 16.1. The lowest BCUT2D eigenvalue weighted by Crippen LogP contribution is -2.01. The Morgan fingerprint density at radius 1 is 0.370 bits per heavy atom. The predicted molar refractivity (Wildman–Crippen MR) is 226 cm³/mol. The fourth-order valence-corrected chi connectivity index (χ4v) is 9.54. The van der Waals surface area contributed by atoms with E-state index in [1.807, 2.05) is 0 Å². The minimum Gasteiger partial charge on any atom is -0.455 e. The van der Waals surface area contributed by atoms with Crippen molar-refractivity contribution >= 4 is 96.5 Å². The molecule has 3 aromatic heterocycles. The van der Waals surface area contributed by atoms with Gasteiger partial charge in [0.15, 0.2) is 17.5 Å². The summed E-state index contributed by atoms with van der Waals surface area (Å²) >= 11 is 1.80. The van der Waals surface area contributed by atoms with Gasteiger partial charge in [-0.1, -0.05) is 133 Å². The molecule has 0 amide bonds. The molecule has 3 heterocycles. The predicted octanol–water partition coefficient (Wildman–Crippen LogP) is 13.8. The minimum atomic E-state index is 0.607. The third-order valence-corrected chi connectivity index (χ3v) is 12.0. The van der Waals surface area contributed by atoms with E-state index in [-0.39, 0.29) is 0 Å². The molecule has 9 aromatic carbocycles. The summed E-state index contributed by atoms with van der Waals surface area (Å²) in [5.74, 6) is 1.87. The van der Waals surface area contributed by atoms with E-state index < -0.39 is 0 Å². The van der Waals surface area contributed by atoms with Crippen LogP contribution in [0.4, 0.5) is 0 Å². The zero-order valence-electron chi connectivity index (χ0n) is 28.7. The Kier molecular flexibility index (Phi) is 6.18. The van der Waals surface area contributed by atoms with Crippen molar-refractivity contribution < 1.29 is 4.42 Å². The van der Waals surface area contributed by atoms with E-state index >= 15 is 0 Å². The van der Waals surface area contributed by atoms with Crippen molar-refractivity contribution in [3.63, 3.8) is 0 Å². The lowest BCUT2D eigenvalue weighted by Gasteiger charge is -2.13. The molecule has 0 fully saturated rings. The molecule has 0 bridgehead atoms. The summed E-state index contributed by atoms with van der Waals surface area (Å²) in [5, 5.41) is 13.5. The lowest BCUT2D eigenvalue weighted by molar-refractivity contribution is 0.673. The molecule has 0 aliphatic rings. The van der Waals surface area contributed by atoms with Crippen molar-refractivity contribution in [3.8, 4) is 34.2 Å². The van der Waals surface area contributed by atoms with Gasteiger partial charge < -0.3 is 4.42 Å². The number of hydrogen-bond acceptors (Lipinski definition) is 5. The molecule has 0 atom stereocenters.